The van der Waals surface area contributed by atoms with Crippen molar-refractivity contribution in [2.45, 2.75) is 37.0 Å². The Balaban J connectivity index is 2.09. The van der Waals surface area contributed by atoms with E-state index in [-0.39, 0.29) is 0 Å². The van der Waals surface area contributed by atoms with Crippen molar-refractivity contribution in [3.63, 3.8) is 0 Å². The van der Waals surface area contributed by atoms with Crippen molar-refractivity contribution in [3.05, 3.63) is 0 Å². The second-order valence-electron chi connectivity index (χ2n) is 4.72. The first kappa shape index (κ1) is 18.4. The lowest BCUT2D eigenvalue weighted by Crippen LogP contribution is -2.74. The van der Waals surface area contributed by atoms with Crippen molar-refractivity contribution in [1.29, 1.82) is 0 Å². The number of aliphatic hydroxyl groups excluding tert-OH is 4. The van der Waals surface area contributed by atoms with E-state index >= 15 is 0 Å². The van der Waals surface area contributed by atoms with E-state index in [9.17, 15) is 34.6 Å². The van der Waals surface area contributed by atoms with Crippen LogP contribution in [0.5, 0.6) is 0 Å². The van der Waals surface area contributed by atoms with Crippen LogP contribution in [0.1, 0.15) is 6.92 Å². The lowest BCUT2D eigenvalue weighted by molar-refractivity contribution is -0.511. The number of phosphoric ester groups is 1. The first-order valence-electron chi connectivity index (χ1n) is 5.99. The van der Waals surface area contributed by atoms with Gasteiger partial charge in [0.2, 0.25) is 11.6 Å². The lowest BCUT2D eigenvalue weighted by atomic mass is 9.95. The van der Waals surface area contributed by atoms with Gasteiger partial charge in [0, 0.05) is 6.92 Å². The highest BCUT2D eigenvalue weighted by molar-refractivity contribution is 7.49. The lowest BCUT2D eigenvalue weighted by Gasteiger charge is -2.54. The van der Waals surface area contributed by atoms with Crippen LogP contribution in [-0.2, 0) is 37.5 Å². The number of hydrogen-bond acceptors (Lipinski definition) is 13. The summed E-state index contributed by atoms with van der Waals surface area (Å²) in [5.41, 5.74) is 0. The Morgan fingerprint density at radius 2 is 1.78 bits per heavy atom. The van der Waals surface area contributed by atoms with Gasteiger partial charge in [-0.3, -0.25) is 14.4 Å². The topological polar surface area (TPSA) is 199 Å². The zero-order valence-corrected chi connectivity index (χ0v) is 12.3. The molecule has 4 unspecified atom stereocenters. The molecule has 132 valence electrons. The first-order chi connectivity index (χ1) is 10.5. The van der Waals surface area contributed by atoms with Gasteiger partial charge in [-0.1, -0.05) is 4.67 Å². The predicted octanol–water partition coefficient (Wildman–Crippen LogP) is -3.35. The summed E-state index contributed by atoms with van der Waals surface area (Å²) < 4.78 is 29.4. The molecular formula is C9H13O13P. The van der Waals surface area contributed by atoms with Crippen LogP contribution in [0.2, 0.25) is 0 Å². The second kappa shape index (κ2) is 5.82. The summed E-state index contributed by atoms with van der Waals surface area (Å²) >= 11 is 0. The summed E-state index contributed by atoms with van der Waals surface area (Å²) in [5.74, 6) is -8.20. The number of carbonyl (C=O) groups is 2. The third kappa shape index (κ3) is 3.04. The van der Waals surface area contributed by atoms with Gasteiger partial charge in [-0.2, -0.15) is 0 Å². The second-order valence-corrected chi connectivity index (χ2v) is 6.13. The summed E-state index contributed by atoms with van der Waals surface area (Å²) in [6.45, 7) is -0.421. The number of rotatable bonds is 4. The molecule has 0 aliphatic carbocycles. The van der Waals surface area contributed by atoms with E-state index in [1.807, 2.05) is 0 Å². The number of hydrogen-bond donors (Lipinski definition) is 5. The Morgan fingerprint density at radius 3 is 2.26 bits per heavy atom. The van der Waals surface area contributed by atoms with Gasteiger partial charge >= 0.3 is 19.8 Å². The van der Waals surface area contributed by atoms with Gasteiger partial charge in [0.05, 0.1) is 0 Å². The van der Waals surface area contributed by atoms with Gasteiger partial charge in [0.25, 0.3) is 0 Å². The molecule has 0 bridgehead atoms. The van der Waals surface area contributed by atoms with Gasteiger partial charge in [-0.05, 0) is 0 Å². The fourth-order valence-corrected chi connectivity index (χ4v) is 2.92. The summed E-state index contributed by atoms with van der Waals surface area (Å²) in [5, 5.41) is 47.6. The van der Waals surface area contributed by atoms with E-state index in [1.165, 1.54) is 0 Å². The number of ketones is 1. The van der Waals surface area contributed by atoms with E-state index in [4.69, 9.17) is 5.11 Å². The molecule has 0 saturated carbocycles. The largest absolute Gasteiger partial charge is 0.520 e. The van der Waals surface area contributed by atoms with Crippen molar-refractivity contribution >= 4 is 19.6 Å². The summed E-state index contributed by atoms with van der Waals surface area (Å²) in [7, 11) is -4.64. The average Bonchev–Trinajstić information content (AvgIpc) is 2.46. The van der Waals surface area contributed by atoms with Gasteiger partial charge in [0.15, 0.2) is 6.10 Å². The molecule has 1 spiro atoms. The van der Waals surface area contributed by atoms with Crippen LogP contribution in [0.25, 0.3) is 0 Å². The molecule has 0 radical (unpaired) electrons. The van der Waals surface area contributed by atoms with E-state index < -0.39 is 56.3 Å². The van der Waals surface area contributed by atoms with Crippen LogP contribution in [-0.4, -0.2) is 74.0 Å². The standard InChI is InChI=1S/C9H13O13P/c1-3(11)7(15)18-22-23(17)20-9(21-23)6(14)4(12)5(13)8(16,2-10)19-9/h4-6,10,12-14,16H,2H2,1H3. The molecule has 13 nitrogen and oxygen atoms in total. The van der Waals surface area contributed by atoms with E-state index in [0.717, 1.165) is 6.92 Å². The Hall–Kier alpha value is -0.990. The summed E-state index contributed by atoms with van der Waals surface area (Å²) in [6.07, 6.45) is -6.47. The van der Waals surface area contributed by atoms with Crippen LogP contribution in [0, 0.1) is 0 Å². The number of aliphatic hydroxyl groups is 5. The Morgan fingerprint density at radius 1 is 1.22 bits per heavy atom. The van der Waals surface area contributed by atoms with E-state index in [2.05, 4.69) is 23.3 Å². The minimum absolute atomic E-state index is 0.832. The Kier molecular flexibility index (Phi) is 4.65. The van der Waals surface area contributed by atoms with E-state index in [1.54, 1.807) is 0 Å². The maximum absolute atomic E-state index is 11.8. The molecule has 2 aliphatic rings. The van der Waals surface area contributed by atoms with Gasteiger partial charge < -0.3 is 25.5 Å². The van der Waals surface area contributed by atoms with Gasteiger partial charge in [0.1, 0.15) is 18.8 Å². The highest BCUT2D eigenvalue weighted by Gasteiger charge is 2.73. The highest BCUT2D eigenvalue weighted by atomic mass is 31.2. The molecule has 2 rings (SSSR count). The Bertz CT molecular complexity index is 552. The maximum atomic E-state index is 11.8. The number of carbonyl (C=O) groups excluding carboxylic acids is 2. The molecule has 2 fully saturated rings. The first-order valence-corrected chi connectivity index (χ1v) is 7.45. The molecule has 0 aromatic rings. The zero-order valence-electron chi connectivity index (χ0n) is 11.4. The molecule has 0 amide bonds. The van der Waals surface area contributed by atoms with Crippen molar-refractivity contribution in [2.24, 2.45) is 0 Å². The van der Waals surface area contributed by atoms with Crippen molar-refractivity contribution in [1.82, 2.24) is 0 Å². The number of Topliss-reactive ketones (excluding diaryl/α,β-unsaturated/α-hetero) is 1. The van der Waals surface area contributed by atoms with E-state index in [0.29, 0.717) is 0 Å². The third-order valence-electron chi connectivity index (χ3n) is 2.99. The molecule has 5 N–H and O–H groups in total. The molecule has 2 aliphatic heterocycles. The average molecular weight is 360 g/mol. The van der Waals surface area contributed by atoms with Gasteiger partial charge in [-0.15, -0.1) is 0 Å². The Labute approximate surface area is 127 Å². The normalized spacial score (nSPS) is 46.3. The van der Waals surface area contributed by atoms with Gasteiger partial charge in [-0.25, -0.2) is 18.4 Å². The van der Waals surface area contributed by atoms with Crippen molar-refractivity contribution in [2.75, 3.05) is 6.61 Å². The van der Waals surface area contributed by atoms with Crippen molar-refractivity contribution in [3.8, 4) is 0 Å². The predicted molar refractivity (Wildman–Crippen MR) is 61.5 cm³/mol. The third-order valence-corrected chi connectivity index (χ3v) is 4.20. The molecular weight excluding hydrogens is 347 g/mol. The molecule has 14 heteroatoms. The van der Waals surface area contributed by atoms with Crippen LogP contribution in [0.4, 0.5) is 0 Å². The molecule has 2 saturated heterocycles. The summed E-state index contributed by atoms with van der Waals surface area (Å²) in [6, 6.07) is 0. The fourth-order valence-electron chi connectivity index (χ4n) is 1.77. The van der Waals surface area contributed by atoms with Crippen LogP contribution < -0.4 is 0 Å². The maximum Gasteiger partial charge on any atom is 0.520 e. The quantitative estimate of drug-likeness (QED) is 0.144. The SMILES string of the molecule is CC(=O)C(=O)OOP1(=O)OC2(OC(O)(CO)C(O)C(O)C2O)O1. The monoisotopic (exact) mass is 360 g/mol. The molecule has 2 heterocycles. The van der Waals surface area contributed by atoms with Crippen molar-refractivity contribution < 1.29 is 63.0 Å². The fraction of sp³-hybridized carbons (Fsp3) is 0.778. The molecule has 0 aromatic heterocycles. The molecule has 0 aromatic carbocycles. The number of ether oxygens (including phenoxy) is 1. The minimum Gasteiger partial charge on any atom is -0.391 e. The smallest absolute Gasteiger partial charge is 0.391 e. The zero-order chi connectivity index (χ0) is 17.6. The minimum atomic E-state index is -4.64. The van der Waals surface area contributed by atoms with Crippen LogP contribution in [0.15, 0.2) is 0 Å². The molecule has 4 atom stereocenters. The highest BCUT2D eigenvalue weighted by Crippen LogP contribution is 2.68. The van der Waals surface area contributed by atoms with Crippen LogP contribution >= 0.6 is 7.82 Å². The summed E-state index contributed by atoms with van der Waals surface area (Å²) in [4.78, 5) is 25.3. The number of phosphoric acid groups is 1. The van der Waals surface area contributed by atoms with Crippen LogP contribution in [0.3, 0.4) is 0 Å². The molecule has 23 heavy (non-hydrogen) atoms.